The van der Waals surface area contributed by atoms with Crippen LogP contribution in [0.15, 0.2) is 30.3 Å². The maximum atomic E-state index is 12.2. The number of nitrogens with two attached hydrogens (primary N) is 1. The number of amides is 1. The summed E-state index contributed by atoms with van der Waals surface area (Å²) in [5.74, 6) is 0.0643. The van der Waals surface area contributed by atoms with Crippen LogP contribution in [0.5, 0.6) is 0 Å². The lowest BCUT2D eigenvalue weighted by Crippen LogP contribution is -2.14. The predicted octanol–water partition coefficient (Wildman–Crippen LogP) is 3.19. The van der Waals surface area contributed by atoms with Crippen molar-refractivity contribution in [1.29, 1.82) is 0 Å². The number of nitrogens with one attached hydrogen (secondary N) is 1. The number of rotatable bonds is 2. The number of aryl methyl sites for hydroxylation is 2. The first kappa shape index (κ1) is 13.4. The smallest absolute Gasteiger partial charge is 0.255 e. The molecule has 2 aromatic rings. The summed E-state index contributed by atoms with van der Waals surface area (Å²) in [5, 5.41) is 3.30. The third kappa shape index (κ3) is 3.03. The van der Waals surface area contributed by atoms with Crippen LogP contribution in [0.3, 0.4) is 0 Å². The summed E-state index contributed by atoms with van der Waals surface area (Å²) >= 11 is 6.07. The van der Waals surface area contributed by atoms with Crippen molar-refractivity contribution in [2.24, 2.45) is 0 Å². The van der Waals surface area contributed by atoms with E-state index in [0.717, 1.165) is 5.56 Å². The van der Waals surface area contributed by atoms with Crippen molar-refractivity contribution in [2.75, 3.05) is 11.1 Å². The van der Waals surface area contributed by atoms with Crippen LogP contribution in [-0.4, -0.2) is 10.9 Å². The third-order valence-electron chi connectivity index (χ3n) is 2.70. The molecule has 0 atom stereocenters. The molecule has 0 bridgehead atoms. The fraction of sp³-hybridized carbons (Fsp3) is 0.143. The van der Waals surface area contributed by atoms with E-state index in [1.807, 2.05) is 19.1 Å². The van der Waals surface area contributed by atoms with Crippen LogP contribution in [0.25, 0.3) is 0 Å². The van der Waals surface area contributed by atoms with E-state index < -0.39 is 0 Å². The SMILES string of the molecule is Cc1cc(C(=O)Nc2c(C)cccc2Cl)cc(N)n1. The van der Waals surface area contributed by atoms with Crippen LogP contribution >= 0.6 is 11.6 Å². The molecule has 0 fully saturated rings. The Kier molecular flexibility index (Phi) is 3.71. The maximum Gasteiger partial charge on any atom is 0.255 e. The average molecular weight is 276 g/mol. The summed E-state index contributed by atoms with van der Waals surface area (Å²) in [6.45, 7) is 3.67. The molecule has 19 heavy (non-hydrogen) atoms. The second-order valence-corrected chi connectivity index (χ2v) is 4.72. The molecule has 1 amide bonds. The van der Waals surface area contributed by atoms with Gasteiger partial charge in [0.25, 0.3) is 5.91 Å². The lowest BCUT2D eigenvalue weighted by molar-refractivity contribution is 0.102. The molecule has 0 aliphatic carbocycles. The molecule has 0 aliphatic rings. The highest BCUT2D eigenvalue weighted by Crippen LogP contribution is 2.25. The fourth-order valence-electron chi connectivity index (χ4n) is 1.80. The summed E-state index contributed by atoms with van der Waals surface area (Å²) in [5.41, 5.74) is 8.31. The Labute approximate surface area is 116 Å². The van der Waals surface area contributed by atoms with Crippen molar-refractivity contribution in [3.63, 3.8) is 0 Å². The predicted molar refractivity (Wildman–Crippen MR) is 77.5 cm³/mol. The highest BCUT2D eigenvalue weighted by molar-refractivity contribution is 6.34. The molecule has 98 valence electrons. The molecule has 1 heterocycles. The maximum absolute atomic E-state index is 12.2. The van der Waals surface area contributed by atoms with Crippen LogP contribution in [-0.2, 0) is 0 Å². The zero-order chi connectivity index (χ0) is 14.0. The first-order valence-corrected chi connectivity index (χ1v) is 6.16. The van der Waals surface area contributed by atoms with Crippen molar-refractivity contribution >= 4 is 29.0 Å². The Hall–Kier alpha value is -2.07. The van der Waals surface area contributed by atoms with Crippen molar-refractivity contribution in [3.8, 4) is 0 Å². The monoisotopic (exact) mass is 275 g/mol. The van der Waals surface area contributed by atoms with Gasteiger partial charge in [-0.2, -0.15) is 0 Å². The number of aromatic nitrogens is 1. The van der Waals surface area contributed by atoms with E-state index >= 15 is 0 Å². The fourth-order valence-corrected chi connectivity index (χ4v) is 2.07. The first-order valence-electron chi connectivity index (χ1n) is 5.78. The lowest BCUT2D eigenvalue weighted by Gasteiger charge is -2.10. The molecule has 0 saturated carbocycles. The number of anilines is 2. The molecule has 1 aromatic carbocycles. The average Bonchev–Trinajstić information content (AvgIpc) is 2.32. The quantitative estimate of drug-likeness (QED) is 0.884. The molecule has 0 unspecified atom stereocenters. The molecular formula is C14H14ClN3O. The zero-order valence-corrected chi connectivity index (χ0v) is 11.5. The van der Waals surface area contributed by atoms with Crippen molar-refractivity contribution < 1.29 is 4.79 Å². The molecule has 2 rings (SSSR count). The number of carbonyl (C=O) groups is 1. The van der Waals surface area contributed by atoms with Gasteiger partial charge in [-0.15, -0.1) is 0 Å². The number of hydrogen-bond acceptors (Lipinski definition) is 3. The largest absolute Gasteiger partial charge is 0.384 e. The number of benzene rings is 1. The summed E-state index contributed by atoms with van der Waals surface area (Å²) in [6.07, 6.45) is 0. The van der Waals surface area contributed by atoms with Crippen molar-refractivity contribution in [2.45, 2.75) is 13.8 Å². The van der Waals surface area contributed by atoms with Gasteiger partial charge in [0.05, 0.1) is 10.7 Å². The summed E-state index contributed by atoms with van der Waals surface area (Å²) < 4.78 is 0. The lowest BCUT2D eigenvalue weighted by atomic mass is 10.1. The van der Waals surface area contributed by atoms with Gasteiger partial charge in [0, 0.05) is 11.3 Å². The van der Waals surface area contributed by atoms with Gasteiger partial charge in [-0.3, -0.25) is 4.79 Å². The minimum absolute atomic E-state index is 0.256. The van der Waals surface area contributed by atoms with E-state index in [2.05, 4.69) is 10.3 Å². The molecule has 5 heteroatoms. The number of halogens is 1. The van der Waals surface area contributed by atoms with Crippen LogP contribution < -0.4 is 11.1 Å². The van der Waals surface area contributed by atoms with Crippen molar-refractivity contribution in [1.82, 2.24) is 4.98 Å². The van der Waals surface area contributed by atoms with Gasteiger partial charge in [-0.1, -0.05) is 23.7 Å². The molecule has 0 spiro atoms. The van der Waals surface area contributed by atoms with E-state index in [4.69, 9.17) is 17.3 Å². The second kappa shape index (κ2) is 5.28. The Bertz CT molecular complexity index is 600. The number of hydrogen-bond donors (Lipinski definition) is 2. The summed E-state index contributed by atoms with van der Waals surface area (Å²) in [7, 11) is 0. The number of pyridine rings is 1. The van der Waals surface area contributed by atoms with Gasteiger partial charge >= 0.3 is 0 Å². The van der Waals surface area contributed by atoms with E-state index in [-0.39, 0.29) is 5.91 Å². The Morgan fingerprint density at radius 3 is 2.68 bits per heavy atom. The van der Waals surface area contributed by atoms with E-state index in [0.29, 0.717) is 27.8 Å². The van der Waals surface area contributed by atoms with Crippen molar-refractivity contribution in [3.05, 3.63) is 52.2 Å². The molecule has 4 nitrogen and oxygen atoms in total. The Morgan fingerprint density at radius 2 is 2.05 bits per heavy atom. The molecule has 3 N–H and O–H groups in total. The number of nitrogen functional groups attached to an aromatic ring is 1. The van der Waals surface area contributed by atoms with Crippen LogP contribution in [0.2, 0.25) is 5.02 Å². The number of carbonyl (C=O) groups excluding carboxylic acids is 1. The number of nitrogens with zero attached hydrogens (tertiary/aromatic N) is 1. The Morgan fingerprint density at radius 1 is 1.32 bits per heavy atom. The van der Waals surface area contributed by atoms with Gasteiger partial charge in [0.2, 0.25) is 0 Å². The highest BCUT2D eigenvalue weighted by atomic mass is 35.5. The van der Waals surface area contributed by atoms with Gasteiger partial charge < -0.3 is 11.1 Å². The molecular weight excluding hydrogens is 262 g/mol. The van der Waals surface area contributed by atoms with E-state index in [9.17, 15) is 4.79 Å². The third-order valence-corrected chi connectivity index (χ3v) is 3.01. The normalized spacial score (nSPS) is 10.3. The van der Waals surface area contributed by atoms with Gasteiger partial charge in [-0.25, -0.2) is 4.98 Å². The van der Waals surface area contributed by atoms with Crippen LogP contribution in [0, 0.1) is 13.8 Å². The number of para-hydroxylation sites is 1. The summed E-state index contributed by atoms with van der Waals surface area (Å²) in [4.78, 5) is 16.2. The second-order valence-electron chi connectivity index (χ2n) is 4.31. The van der Waals surface area contributed by atoms with Gasteiger partial charge in [0.15, 0.2) is 0 Å². The minimum Gasteiger partial charge on any atom is -0.384 e. The Balaban J connectivity index is 2.31. The molecule has 0 saturated heterocycles. The van der Waals surface area contributed by atoms with E-state index in [1.165, 1.54) is 6.07 Å². The standard InChI is InChI=1S/C14H14ClN3O/c1-8-4-3-5-11(15)13(8)18-14(19)10-6-9(2)17-12(16)7-10/h3-7H,1-2H3,(H2,16,17)(H,18,19). The van der Waals surface area contributed by atoms with Gasteiger partial charge in [0.1, 0.15) is 5.82 Å². The topological polar surface area (TPSA) is 68.0 Å². The molecule has 1 aromatic heterocycles. The highest BCUT2D eigenvalue weighted by Gasteiger charge is 2.11. The minimum atomic E-state index is -0.256. The van der Waals surface area contributed by atoms with E-state index in [1.54, 1.807) is 19.1 Å². The van der Waals surface area contributed by atoms with Crippen LogP contribution in [0.4, 0.5) is 11.5 Å². The molecule has 0 radical (unpaired) electrons. The molecule has 0 aliphatic heterocycles. The first-order chi connectivity index (χ1) is 8.97. The van der Waals surface area contributed by atoms with Crippen LogP contribution in [0.1, 0.15) is 21.6 Å². The summed E-state index contributed by atoms with van der Waals surface area (Å²) in [6, 6.07) is 8.66. The van der Waals surface area contributed by atoms with Gasteiger partial charge in [-0.05, 0) is 37.6 Å². The zero-order valence-electron chi connectivity index (χ0n) is 10.7.